The normalized spacial score (nSPS) is 27.0. The molecule has 1 aromatic carbocycles. The highest BCUT2D eigenvalue weighted by atomic mass is 35.5. The second-order valence-electron chi connectivity index (χ2n) is 5.44. The molecule has 3 N–H and O–H groups in total. The van der Waals surface area contributed by atoms with Crippen LogP contribution in [0.15, 0.2) is 24.3 Å². The van der Waals surface area contributed by atoms with Gasteiger partial charge in [-0.1, -0.05) is 23.7 Å². The van der Waals surface area contributed by atoms with Crippen LogP contribution in [0.4, 0.5) is 4.79 Å². The van der Waals surface area contributed by atoms with E-state index < -0.39 is 11.6 Å². The summed E-state index contributed by atoms with van der Waals surface area (Å²) in [6, 6.07) is 6.76. The molecule has 1 saturated heterocycles. The maximum atomic E-state index is 12.0. The van der Waals surface area contributed by atoms with E-state index in [0.717, 1.165) is 5.56 Å². The fourth-order valence-electron chi connectivity index (χ4n) is 2.76. The van der Waals surface area contributed by atoms with Crippen molar-refractivity contribution < 1.29 is 14.4 Å². The van der Waals surface area contributed by atoms with E-state index in [-0.39, 0.29) is 17.7 Å². The van der Waals surface area contributed by atoms with Crippen molar-refractivity contribution in [1.29, 1.82) is 0 Å². The van der Waals surface area contributed by atoms with Gasteiger partial charge < -0.3 is 10.6 Å². The Bertz CT molecular complexity index is 626. The largest absolute Gasteiger partial charge is 0.352 e. The molecule has 3 rings (SSSR count). The molecule has 1 aliphatic heterocycles. The minimum Gasteiger partial charge on any atom is -0.352 e. The summed E-state index contributed by atoms with van der Waals surface area (Å²) >= 11 is 5.88. The Hall–Kier alpha value is -2.08. The molecule has 7 heteroatoms. The Balaban J connectivity index is 1.52. The topological polar surface area (TPSA) is 87.3 Å². The number of hydrogen-bond donors (Lipinski definition) is 3. The molecule has 21 heavy (non-hydrogen) atoms. The van der Waals surface area contributed by atoms with Gasteiger partial charge >= 0.3 is 6.03 Å². The Labute approximate surface area is 126 Å². The predicted octanol–water partition coefficient (Wildman–Crippen LogP) is 0.944. The van der Waals surface area contributed by atoms with Gasteiger partial charge in [-0.3, -0.25) is 14.9 Å². The summed E-state index contributed by atoms with van der Waals surface area (Å²) in [5, 5.41) is 8.22. The van der Waals surface area contributed by atoms with Crippen molar-refractivity contribution in [3.05, 3.63) is 34.9 Å². The van der Waals surface area contributed by atoms with Crippen molar-refractivity contribution in [2.75, 3.05) is 0 Å². The number of urea groups is 1. The van der Waals surface area contributed by atoms with Crippen LogP contribution in [-0.4, -0.2) is 23.4 Å². The van der Waals surface area contributed by atoms with Crippen LogP contribution in [0.1, 0.15) is 18.4 Å². The number of nitrogens with one attached hydrogen (secondary N) is 3. The fourth-order valence-corrected chi connectivity index (χ4v) is 2.98. The number of hydrogen-bond acceptors (Lipinski definition) is 3. The molecule has 0 atom stereocenters. The number of halogens is 1. The fraction of sp³-hybridized carbons (Fsp3) is 0.357. The second-order valence-corrected chi connectivity index (χ2v) is 5.88. The summed E-state index contributed by atoms with van der Waals surface area (Å²) in [6.07, 6.45) is 0.678. The van der Waals surface area contributed by atoms with E-state index in [4.69, 9.17) is 11.6 Å². The number of carbonyl (C=O) groups is 3. The summed E-state index contributed by atoms with van der Waals surface area (Å²) in [5.41, 5.74) is 0.0339. The lowest BCUT2D eigenvalue weighted by atomic mass is 9.68. The third-order valence-electron chi connectivity index (χ3n) is 3.93. The molecule has 1 saturated carbocycles. The van der Waals surface area contributed by atoms with Crippen LogP contribution in [-0.2, 0) is 16.1 Å². The van der Waals surface area contributed by atoms with E-state index in [2.05, 4.69) is 16.0 Å². The zero-order valence-corrected chi connectivity index (χ0v) is 11.9. The maximum Gasteiger partial charge on any atom is 0.322 e. The van der Waals surface area contributed by atoms with Gasteiger partial charge in [0, 0.05) is 17.5 Å². The van der Waals surface area contributed by atoms with Crippen molar-refractivity contribution in [3.63, 3.8) is 0 Å². The summed E-state index contributed by atoms with van der Waals surface area (Å²) in [6.45, 7) is 0.390. The molecule has 110 valence electrons. The van der Waals surface area contributed by atoms with Gasteiger partial charge in [-0.15, -0.1) is 0 Å². The average Bonchev–Trinajstić information content (AvgIpc) is 2.69. The average molecular weight is 308 g/mol. The molecule has 0 unspecified atom stereocenters. The van der Waals surface area contributed by atoms with Crippen LogP contribution in [0.5, 0.6) is 0 Å². The first-order valence-corrected chi connectivity index (χ1v) is 7.02. The van der Waals surface area contributed by atoms with Crippen molar-refractivity contribution >= 4 is 29.4 Å². The number of benzene rings is 1. The molecule has 2 fully saturated rings. The van der Waals surface area contributed by atoms with Crippen LogP contribution in [0.25, 0.3) is 0 Å². The Kier molecular flexibility index (Phi) is 3.33. The summed E-state index contributed by atoms with van der Waals surface area (Å²) in [4.78, 5) is 34.8. The molecule has 0 aromatic heterocycles. The molecule has 1 aromatic rings. The van der Waals surface area contributed by atoms with E-state index in [0.29, 0.717) is 24.4 Å². The van der Waals surface area contributed by atoms with Crippen LogP contribution in [0, 0.1) is 5.92 Å². The summed E-state index contributed by atoms with van der Waals surface area (Å²) in [7, 11) is 0. The smallest absolute Gasteiger partial charge is 0.322 e. The van der Waals surface area contributed by atoms with Gasteiger partial charge in [0.1, 0.15) is 5.54 Å². The number of imide groups is 1. The lowest BCUT2D eigenvalue weighted by molar-refractivity contribution is -0.136. The minimum absolute atomic E-state index is 0.116. The first-order valence-electron chi connectivity index (χ1n) is 6.64. The first-order chi connectivity index (χ1) is 9.98. The molecule has 1 spiro atoms. The van der Waals surface area contributed by atoms with Crippen LogP contribution in [0.2, 0.25) is 5.02 Å². The highest BCUT2D eigenvalue weighted by molar-refractivity contribution is 6.30. The third kappa shape index (κ3) is 2.58. The van der Waals surface area contributed by atoms with Gasteiger partial charge in [0.25, 0.3) is 5.91 Å². The summed E-state index contributed by atoms with van der Waals surface area (Å²) < 4.78 is 0. The summed E-state index contributed by atoms with van der Waals surface area (Å²) in [5.74, 6) is -0.714. The monoisotopic (exact) mass is 307 g/mol. The maximum absolute atomic E-state index is 12.0. The van der Waals surface area contributed by atoms with Crippen LogP contribution >= 0.6 is 11.6 Å². The van der Waals surface area contributed by atoms with Gasteiger partial charge in [0.2, 0.25) is 5.91 Å². The predicted molar refractivity (Wildman–Crippen MR) is 75.4 cm³/mol. The molecule has 4 amide bonds. The highest BCUT2D eigenvalue weighted by Gasteiger charge is 2.57. The van der Waals surface area contributed by atoms with E-state index >= 15 is 0 Å². The lowest BCUT2D eigenvalue weighted by Crippen LogP contribution is -2.60. The molecule has 0 radical (unpaired) electrons. The molecule has 2 aliphatic rings. The number of rotatable bonds is 3. The highest BCUT2D eigenvalue weighted by Crippen LogP contribution is 2.39. The van der Waals surface area contributed by atoms with Crippen molar-refractivity contribution in [3.8, 4) is 0 Å². The van der Waals surface area contributed by atoms with E-state index in [1.54, 1.807) is 12.1 Å². The molecule has 6 nitrogen and oxygen atoms in total. The van der Waals surface area contributed by atoms with Crippen LogP contribution in [0.3, 0.4) is 0 Å². The van der Waals surface area contributed by atoms with E-state index in [1.165, 1.54) is 0 Å². The van der Waals surface area contributed by atoms with Crippen molar-refractivity contribution in [2.24, 2.45) is 5.92 Å². The molecular weight excluding hydrogens is 294 g/mol. The lowest BCUT2D eigenvalue weighted by Gasteiger charge is -2.41. The molecule has 0 bridgehead atoms. The van der Waals surface area contributed by atoms with Crippen molar-refractivity contribution in [2.45, 2.75) is 24.9 Å². The SMILES string of the molecule is O=C1NC(=O)C2(CC(C(=O)NCc3cccc(Cl)c3)C2)N1. The van der Waals surface area contributed by atoms with Gasteiger partial charge in [-0.25, -0.2) is 4.79 Å². The van der Waals surface area contributed by atoms with E-state index in [9.17, 15) is 14.4 Å². The van der Waals surface area contributed by atoms with Crippen molar-refractivity contribution in [1.82, 2.24) is 16.0 Å². The second kappa shape index (κ2) is 5.04. The van der Waals surface area contributed by atoms with Gasteiger partial charge in [0.15, 0.2) is 0 Å². The zero-order valence-electron chi connectivity index (χ0n) is 11.1. The Morgan fingerprint density at radius 3 is 2.76 bits per heavy atom. The molecule has 1 heterocycles. The van der Waals surface area contributed by atoms with Gasteiger partial charge in [-0.2, -0.15) is 0 Å². The first kappa shape index (κ1) is 13.9. The molecular formula is C14H14ClN3O3. The van der Waals surface area contributed by atoms with Gasteiger partial charge in [-0.05, 0) is 30.5 Å². The van der Waals surface area contributed by atoms with Gasteiger partial charge in [0.05, 0.1) is 0 Å². The Morgan fingerprint density at radius 2 is 2.14 bits per heavy atom. The number of carbonyl (C=O) groups excluding carboxylic acids is 3. The standard InChI is InChI=1S/C14H14ClN3O3/c15-10-3-1-2-8(4-10)7-16-11(19)9-5-14(6-9)12(20)17-13(21)18-14/h1-4,9H,5-7H2,(H,16,19)(H2,17,18,20,21). The minimum atomic E-state index is -0.880. The Morgan fingerprint density at radius 1 is 1.38 bits per heavy atom. The van der Waals surface area contributed by atoms with E-state index in [1.807, 2.05) is 12.1 Å². The third-order valence-corrected chi connectivity index (χ3v) is 4.17. The van der Waals surface area contributed by atoms with Crippen LogP contribution < -0.4 is 16.0 Å². The number of amides is 4. The molecule has 1 aliphatic carbocycles. The zero-order chi connectivity index (χ0) is 15.0. The quantitative estimate of drug-likeness (QED) is 0.726.